The van der Waals surface area contributed by atoms with Crippen molar-refractivity contribution in [1.82, 2.24) is 14.5 Å². The Balaban J connectivity index is 1.98. The van der Waals surface area contributed by atoms with Gasteiger partial charge >= 0.3 is 0 Å². The topological polar surface area (TPSA) is 55.2 Å². The van der Waals surface area contributed by atoms with E-state index in [9.17, 15) is 9.59 Å². The Morgan fingerprint density at radius 1 is 1.30 bits per heavy atom. The van der Waals surface area contributed by atoms with Gasteiger partial charge in [-0.05, 0) is 32.1 Å². The van der Waals surface area contributed by atoms with Crippen molar-refractivity contribution in [3.63, 3.8) is 0 Å². The lowest BCUT2D eigenvalue weighted by Crippen LogP contribution is -2.39. The summed E-state index contributed by atoms with van der Waals surface area (Å²) in [5.74, 6) is 0.0231. The van der Waals surface area contributed by atoms with Crippen molar-refractivity contribution >= 4 is 5.91 Å². The van der Waals surface area contributed by atoms with Crippen LogP contribution >= 0.6 is 0 Å². The Morgan fingerprint density at radius 3 is 2.70 bits per heavy atom. The minimum Gasteiger partial charge on any atom is -0.341 e. The molecule has 0 aromatic carbocycles. The van der Waals surface area contributed by atoms with Crippen LogP contribution in [0.1, 0.15) is 44.7 Å². The molecule has 0 radical (unpaired) electrons. The molecule has 0 saturated carbocycles. The first-order chi connectivity index (χ1) is 9.70. The summed E-state index contributed by atoms with van der Waals surface area (Å²) >= 11 is 0. The molecule has 2 rings (SSSR count). The summed E-state index contributed by atoms with van der Waals surface area (Å²) in [6, 6.07) is 1.55. The van der Waals surface area contributed by atoms with E-state index in [2.05, 4.69) is 11.9 Å². The van der Waals surface area contributed by atoms with Crippen molar-refractivity contribution in [2.24, 2.45) is 0 Å². The van der Waals surface area contributed by atoms with Crippen LogP contribution in [0.15, 0.2) is 17.2 Å². The van der Waals surface area contributed by atoms with Gasteiger partial charge in [0, 0.05) is 24.8 Å². The summed E-state index contributed by atoms with van der Waals surface area (Å²) in [5, 5.41) is 0. The number of aromatic nitrogens is 2. The fourth-order valence-electron chi connectivity index (χ4n) is 2.47. The van der Waals surface area contributed by atoms with Gasteiger partial charge in [0.15, 0.2) is 0 Å². The zero-order chi connectivity index (χ0) is 14.4. The third-order valence-electron chi connectivity index (χ3n) is 3.74. The molecule has 0 unspecified atom stereocenters. The van der Waals surface area contributed by atoms with E-state index in [4.69, 9.17) is 0 Å². The molecule has 0 atom stereocenters. The zero-order valence-electron chi connectivity index (χ0n) is 12.2. The predicted octanol–water partition coefficient (Wildman–Crippen LogP) is 1.60. The van der Waals surface area contributed by atoms with Crippen molar-refractivity contribution in [2.45, 2.75) is 52.0 Å². The molecule has 110 valence electrons. The molecule has 1 fully saturated rings. The van der Waals surface area contributed by atoms with Crippen molar-refractivity contribution in [1.29, 1.82) is 0 Å². The van der Waals surface area contributed by atoms with E-state index in [1.807, 2.05) is 4.90 Å². The van der Waals surface area contributed by atoms with Crippen molar-refractivity contribution in [3.05, 3.63) is 28.4 Å². The summed E-state index contributed by atoms with van der Waals surface area (Å²) in [7, 11) is 0. The van der Waals surface area contributed by atoms with E-state index in [0.717, 1.165) is 50.9 Å². The van der Waals surface area contributed by atoms with Crippen LogP contribution in [0, 0.1) is 0 Å². The van der Waals surface area contributed by atoms with Gasteiger partial charge in [-0.25, -0.2) is 4.98 Å². The standard InChI is InChI=1S/C15H23N3O2/c1-2-3-7-13-10-14(19)18(12-16-13)11-15(20)17-8-5-4-6-9-17/h10,12H,2-9,11H2,1H3. The van der Waals surface area contributed by atoms with Gasteiger partial charge in [-0.3, -0.25) is 14.2 Å². The molecule has 1 saturated heterocycles. The molecule has 0 aliphatic carbocycles. The molecule has 1 aromatic rings. The molecule has 1 aromatic heterocycles. The molecule has 1 aliphatic heterocycles. The minimum atomic E-state index is -0.128. The number of amides is 1. The van der Waals surface area contributed by atoms with Gasteiger partial charge in [-0.15, -0.1) is 0 Å². The maximum Gasteiger partial charge on any atom is 0.253 e. The van der Waals surface area contributed by atoms with Crippen LogP contribution in [-0.4, -0.2) is 33.4 Å². The molecule has 0 bridgehead atoms. The maximum absolute atomic E-state index is 12.1. The minimum absolute atomic E-state index is 0.0231. The Hall–Kier alpha value is -1.65. The van der Waals surface area contributed by atoms with Crippen LogP contribution in [0.4, 0.5) is 0 Å². The van der Waals surface area contributed by atoms with E-state index in [1.165, 1.54) is 17.3 Å². The van der Waals surface area contributed by atoms with Crippen LogP contribution in [0.2, 0.25) is 0 Å². The van der Waals surface area contributed by atoms with Crippen molar-refractivity contribution < 1.29 is 4.79 Å². The highest BCUT2D eigenvalue weighted by Gasteiger charge is 2.17. The van der Waals surface area contributed by atoms with E-state index in [-0.39, 0.29) is 18.0 Å². The lowest BCUT2D eigenvalue weighted by Gasteiger charge is -2.26. The fourth-order valence-corrected chi connectivity index (χ4v) is 2.47. The molecule has 0 spiro atoms. The number of carbonyl (C=O) groups is 1. The van der Waals surface area contributed by atoms with E-state index < -0.39 is 0 Å². The number of nitrogens with zero attached hydrogens (tertiary/aromatic N) is 3. The van der Waals surface area contributed by atoms with E-state index >= 15 is 0 Å². The summed E-state index contributed by atoms with van der Waals surface area (Å²) in [6.07, 6.45) is 7.77. The third-order valence-corrected chi connectivity index (χ3v) is 3.74. The molecule has 5 nitrogen and oxygen atoms in total. The van der Waals surface area contributed by atoms with Gasteiger partial charge in [-0.1, -0.05) is 13.3 Å². The SMILES string of the molecule is CCCCc1cc(=O)n(CC(=O)N2CCCCC2)cn1. The molecule has 2 heterocycles. The number of likely N-dealkylation sites (tertiary alicyclic amines) is 1. The second kappa shape index (κ2) is 7.22. The predicted molar refractivity (Wildman–Crippen MR) is 77.5 cm³/mol. The first-order valence-electron chi connectivity index (χ1n) is 7.54. The van der Waals surface area contributed by atoms with Gasteiger partial charge in [-0.2, -0.15) is 0 Å². The number of hydrogen-bond acceptors (Lipinski definition) is 3. The molecule has 20 heavy (non-hydrogen) atoms. The quantitative estimate of drug-likeness (QED) is 0.821. The number of hydrogen-bond donors (Lipinski definition) is 0. The zero-order valence-corrected chi connectivity index (χ0v) is 12.2. The monoisotopic (exact) mass is 277 g/mol. The second-order valence-corrected chi connectivity index (χ2v) is 5.39. The molecule has 5 heteroatoms. The number of unbranched alkanes of at least 4 members (excludes halogenated alkanes) is 1. The third kappa shape index (κ3) is 3.92. The van der Waals surface area contributed by atoms with E-state index in [0.29, 0.717) is 0 Å². The Morgan fingerprint density at radius 2 is 2.05 bits per heavy atom. The highest BCUT2D eigenvalue weighted by atomic mass is 16.2. The number of carbonyl (C=O) groups excluding carboxylic acids is 1. The summed E-state index contributed by atoms with van der Waals surface area (Å²) < 4.78 is 1.41. The fraction of sp³-hybridized carbons (Fsp3) is 0.667. The van der Waals surface area contributed by atoms with Crippen molar-refractivity contribution in [2.75, 3.05) is 13.1 Å². The number of rotatable bonds is 5. The van der Waals surface area contributed by atoms with Gasteiger partial charge in [0.2, 0.25) is 5.91 Å². The Labute approximate surface area is 119 Å². The Kier molecular flexibility index (Phi) is 5.32. The lowest BCUT2D eigenvalue weighted by molar-refractivity contribution is -0.132. The maximum atomic E-state index is 12.1. The van der Waals surface area contributed by atoms with Gasteiger partial charge in [0.1, 0.15) is 6.54 Å². The van der Waals surface area contributed by atoms with Crippen LogP contribution < -0.4 is 5.56 Å². The molecular weight excluding hydrogens is 254 g/mol. The summed E-state index contributed by atoms with van der Waals surface area (Å²) in [6.45, 7) is 3.85. The average Bonchev–Trinajstić information content (AvgIpc) is 2.48. The van der Waals surface area contributed by atoms with E-state index in [1.54, 1.807) is 6.07 Å². The number of piperidine rings is 1. The summed E-state index contributed by atoms with van der Waals surface area (Å²) in [5.41, 5.74) is 0.690. The van der Waals surface area contributed by atoms with Gasteiger partial charge in [0.25, 0.3) is 5.56 Å². The Bertz CT molecular complexity index is 504. The molecule has 0 N–H and O–H groups in total. The molecule has 1 aliphatic rings. The van der Waals surface area contributed by atoms with Crippen molar-refractivity contribution in [3.8, 4) is 0 Å². The van der Waals surface area contributed by atoms with Crippen LogP contribution in [0.5, 0.6) is 0 Å². The first-order valence-corrected chi connectivity index (χ1v) is 7.54. The van der Waals surface area contributed by atoms with Crippen LogP contribution in [-0.2, 0) is 17.8 Å². The first kappa shape index (κ1) is 14.8. The van der Waals surface area contributed by atoms with Crippen LogP contribution in [0.25, 0.3) is 0 Å². The highest BCUT2D eigenvalue weighted by molar-refractivity contribution is 5.76. The molecular formula is C15H23N3O2. The smallest absolute Gasteiger partial charge is 0.253 e. The molecule has 1 amide bonds. The van der Waals surface area contributed by atoms with Crippen LogP contribution in [0.3, 0.4) is 0 Å². The lowest BCUT2D eigenvalue weighted by atomic mass is 10.1. The summed E-state index contributed by atoms with van der Waals surface area (Å²) in [4.78, 5) is 30.2. The number of aryl methyl sites for hydroxylation is 1. The van der Waals surface area contributed by atoms with Gasteiger partial charge in [0.05, 0.1) is 6.33 Å². The average molecular weight is 277 g/mol. The highest BCUT2D eigenvalue weighted by Crippen LogP contribution is 2.09. The van der Waals surface area contributed by atoms with Gasteiger partial charge < -0.3 is 4.90 Å². The largest absolute Gasteiger partial charge is 0.341 e. The second-order valence-electron chi connectivity index (χ2n) is 5.39. The normalized spacial score (nSPS) is 15.3.